The standard InChI is InChI=1S/C14H24N2O3/c1-10(2)14(5-6-14)9-15-13(19)16-7-3-4-11(8-16)12(17)18/h10-11H,3-9H2,1-2H3,(H,15,19)(H,17,18). The first-order valence-electron chi connectivity index (χ1n) is 7.20. The number of likely N-dealkylation sites (tertiary alicyclic amines) is 1. The highest BCUT2D eigenvalue weighted by atomic mass is 16.4. The van der Waals surface area contributed by atoms with Crippen molar-refractivity contribution in [2.24, 2.45) is 17.3 Å². The first kappa shape index (κ1) is 14.2. The molecule has 1 atom stereocenters. The van der Waals surface area contributed by atoms with E-state index in [1.165, 1.54) is 12.8 Å². The zero-order valence-corrected chi connectivity index (χ0v) is 11.8. The van der Waals surface area contributed by atoms with Gasteiger partial charge in [-0.05, 0) is 37.0 Å². The molecule has 2 aliphatic rings. The molecule has 1 aliphatic carbocycles. The highest BCUT2D eigenvalue weighted by Crippen LogP contribution is 2.51. The number of carboxylic acids is 1. The summed E-state index contributed by atoms with van der Waals surface area (Å²) in [5, 5.41) is 12.0. The Morgan fingerprint density at radius 2 is 2.11 bits per heavy atom. The van der Waals surface area contributed by atoms with Crippen LogP contribution in [0, 0.1) is 17.3 Å². The van der Waals surface area contributed by atoms with Crippen LogP contribution in [-0.2, 0) is 4.79 Å². The molecule has 1 aliphatic heterocycles. The smallest absolute Gasteiger partial charge is 0.317 e. The first-order chi connectivity index (χ1) is 8.94. The van der Waals surface area contributed by atoms with E-state index < -0.39 is 11.9 Å². The number of rotatable bonds is 4. The van der Waals surface area contributed by atoms with Gasteiger partial charge >= 0.3 is 12.0 Å². The van der Waals surface area contributed by atoms with Crippen LogP contribution in [-0.4, -0.2) is 41.6 Å². The number of aliphatic carboxylic acids is 1. The molecule has 1 saturated heterocycles. The monoisotopic (exact) mass is 268 g/mol. The Labute approximate surface area is 114 Å². The summed E-state index contributed by atoms with van der Waals surface area (Å²) in [6.45, 7) is 6.12. The summed E-state index contributed by atoms with van der Waals surface area (Å²) in [7, 11) is 0. The molecule has 2 amide bonds. The average Bonchev–Trinajstić information content (AvgIpc) is 3.17. The predicted molar refractivity (Wildman–Crippen MR) is 71.8 cm³/mol. The van der Waals surface area contributed by atoms with Gasteiger partial charge in [0.15, 0.2) is 0 Å². The summed E-state index contributed by atoms with van der Waals surface area (Å²) < 4.78 is 0. The number of carboxylic acid groups (broad SMARTS) is 1. The number of nitrogens with one attached hydrogen (secondary N) is 1. The highest BCUT2D eigenvalue weighted by Gasteiger charge is 2.45. The molecule has 2 N–H and O–H groups in total. The van der Waals surface area contributed by atoms with Gasteiger partial charge in [-0.25, -0.2) is 4.79 Å². The molecule has 0 bridgehead atoms. The first-order valence-corrected chi connectivity index (χ1v) is 7.20. The zero-order chi connectivity index (χ0) is 14.0. The van der Waals surface area contributed by atoms with Crippen molar-refractivity contribution in [1.82, 2.24) is 10.2 Å². The van der Waals surface area contributed by atoms with E-state index in [0.717, 1.165) is 13.0 Å². The third-order valence-corrected chi connectivity index (χ3v) is 4.77. The van der Waals surface area contributed by atoms with Crippen molar-refractivity contribution < 1.29 is 14.7 Å². The highest BCUT2D eigenvalue weighted by molar-refractivity contribution is 5.76. The molecule has 5 nitrogen and oxygen atoms in total. The molecule has 0 radical (unpaired) electrons. The zero-order valence-electron chi connectivity index (χ0n) is 11.8. The molecule has 1 heterocycles. The molecule has 2 fully saturated rings. The van der Waals surface area contributed by atoms with E-state index in [4.69, 9.17) is 5.11 Å². The van der Waals surface area contributed by atoms with E-state index in [-0.39, 0.29) is 11.4 Å². The molecule has 0 spiro atoms. The number of hydrogen-bond donors (Lipinski definition) is 2. The Balaban J connectivity index is 1.81. The average molecular weight is 268 g/mol. The number of amides is 2. The van der Waals surface area contributed by atoms with Crippen LogP contribution in [0.3, 0.4) is 0 Å². The van der Waals surface area contributed by atoms with Crippen LogP contribution in [0.2, 0.25) is 0 Å². The van der Waals surface area contributed by atoms with Crippen molar-refractivity contribution in [2.75, 3.05) is 19.6 Å². The molecule has 5 heteroatoms. The molecular weight excluding hydrogens is 244 g/mol. The van der Waals surface area contributed by atoms with Crippen LogP contribution in [0.1, 0.15) is 39.5 Å². The fourth-order valence-corrected chi connectivity index (χ4v) is 2.85. The van der Waals surface area contributed by atoms with Gasteiger partial charge in [-0.3, -0.25) is 4.79 Å². The lowest BCUT2D eigenvalue weighted by Gasteiger charge is -2.31. The summed E-state index contributed by atoms with van der Waals surface area (Å²) >= 11 is 0. The minimum Gasteiger partial charge on any atom is -0.481 e. The predicted octanol–water partition coefficient (Wildman–Crippen LogP) is 1.93. The van der Waals surface area contributed by atoms with Gasteiger partial charge in [0.2, 0.25) is 0 Å². The maximum Gasteiger partial charge on any atom is 0.317 e. The maximum atomic E-state index is 12.1. The van der Waals surface area contributed by atoms with Crippen LogP contribution in [0.25, 0.3) is 0 Å². The van der Waals surface area contributed by atoms with Gasteiger partial charge in [-0.15, -0.1) is 0 Å². The van der Waals surface area contributed by atoms with Crippen molar-refractivity contribution in [3.63, 3.8) is 0 Å². The number of carbonyl (C=O) groups excluding carboxylic acids is 1. The van der Waals surface area contributed by atoms with Gasteiger partial charge in [0, 0.05) is 19.6 Å². The number of hydrogen-bond acceptors (Lipinski definition) is 2. The van der Waals surface area contributed by atoms with Gasteiger partial charge in [-0.2, -0.15) is 0 Å². The fraction of sp³-hybridized carbons (Fsp3) is 0.857. The van der Waals surface area contributed by atoms with Gasteiger partial charge in [0.1, 0.15) is 0 Å². The van der Waals surface area contributed by atoms with E-state index in [1.807, 2.05) is 0 Å². The van der Waals surface area contributed by atoms with Crippen LogP contribution < -0.4 is 5.32 Å². The van der Waals surface area contributed by atoms with E-state index in [0.29, 0.717) is 25.4 Å². The van der Waals surface area contributed by atoms with Crippen molar-refractivity contribution in [1.29, 1.82) is 0 Å². The van der Waals surface area contributed by atoms with Crippen LogP contribution in [0.4, 0.5) is 4.79 Å². The molecule has 1 saturated carbocycles. The Hall–Kier alpha value is -1.26. The van der Waals surface area contributed by atoms with Crippen molar-refractivity contribution in [3.8, 4) is 0 Å². The SMILES string of the molecule is CC(C)C1(CNC(=O)N2CCCC(C(=O)O)C2)CC1. The van der Waals surface area contributed by atoms with Crippen LogP contribution >= 0.6 is 0 Å². The summed E-state index contributed by atoms with van der Waals surface area (Å²) in [6.07, 6.45) is 3.82. The van der Waals surface area contributed by atoms with E-state index >= 15 is 0 Å². The normalized spacial score (nSPS) is 25.2. The molecule has 1 unspecified atom stereocenters. The minimum absolute atomic E-state index is 0.0992. The summed E-state index contributed by atoms with van der Waals surface area (Å²) in [5.41, 5.74) is 0.289. The quantitative estimate of drug-likeness (QED) is 0.818. The van der Waals surface area contributed by atoms with Gasteiger partial charge in [0.25, 0.3) is 0 Å². The molecule has 0 aromatic carbocycles. The maximum absolute atomic E-state index is 12.1. The second-order valence-corrected chi connectivity index (χ2v) is 6.30. The molecule has 0 aromatic heterocycles. The third-order valence-electron chi connectivity index (χ3n) is 4.77. The molecule has 2 rings (SSSR count). The van der Waals surface area contributed by atoms with Gasteiger partial charge in [-0.1, -0.05) is 13.8 Å². The topological polar surface area (TPSA) is 69.6 Å². The summed E-state index contributed by atoms with van der Waals surface area (Å²) in [4.78, 5) is 24.7. The molecule has 108 valence electrons. The molecule has 19 heavy (non-hydrogen) atoms. The Kier molecular flexibility index (Phi) is 4.02. The van der Waals surface area contributed by atoms with Gasteiger partial charge < -0.3 is 15.3 Å². The Morgan fingerprint density at radius 3 is 2.63 bits per heavy atom. The lowest BCUT2D eigenvalue weighted by molar-refractivity contribution is -0.143. The summed E-state index contributed by atoms with van der Waals surface area (Å²) in [5.74, 6) is -0.612. The van der Waals surface area contributed by atoms with Crippen LogP contribution in [0.15, 0.2) is 0 Å². The summed E-state index contributed by atoms with van der Waals surface area (Å²) in [6, 6.07) is -0.0992. The minimum atomic E-state index is -0.793. The van der Waals surface area contributed by atoms with Crippen molar-refractivity contribution in [3.05, 3.63) is 0 Å². The molecular formula is C14H24N2O3. The largest absolute Gasteiger partial charge is 0.481 e. The van der Waals surface area contributed by atoms with Crippen molar-refractivity contribution in [2.45, 2.75) is 39.5 Å². The number of piperidine rings is 1. The van der Waals surface area contributed by atoms with E-state index in [2.05, 4.69) is 19.2 Å². The number of nitrogens with zero attached hydrogens (tertiary/aromatic N) is 1. The lowest BCUT2D eigenvalue weighted by Crippen LogP contribution is -2.48. The second-order valence-electron chi connectivity index (χ2n) is 6.30. The Bertz CT molecular complexity index is 364. The van der Waals surface area contributed by atoms with E-state index in [1.54, 1.807) is 4.90 Å². The molecule has 0 aromatic rings. The van der Waals surface area contributed by atoms with Gasteiger partial charge in [0.05, 0.1) is 5.92 Å². The third kappa shape index (κ3) is 3.19. The van der Waals surface area contributed by atoms with Crippen LogP contribution in [0.5, 0.6) is 0 Å². The van der Waals surface area contributed by atoms with E-state index in [9.17, 15) is 9.59 Å². The van der Waals surface area contributed by atoms with Crippen molar-refractivity contribution >= 4 is 12.0 Å². The second kappa shape index (κ2) is 5.39. The number of carbonyl (C=O) groups is 2. The lowest BCUT2D eigenvalue weighted by atomic mass is 9.92. The number of urea groups is 1. The Morgan fingerprint density at radius 1 is 1.42 bits per heavy atom. The fourth-order valence-electron chi connectivity index (χ4n) is 2.85.